The molecule has 0 spiro atoms. The van der Waals surface area contributed by atoms with Crippen molar-refractivity contribution in [3.8, 4) is 5.75 Å². The predicted molar refractivity (Wildman–Crippen MR) is 77.8 cm³/mol. The summed E-state index contributed by atoms with van der Waals surface area (Å²) in [6.45, 7) is 5.08. The molecule has 3 nitrogen and oxygen atoms in total. The highest BCUT2D eigenvalue weighted by Gasteiger charge is 2.08. The fourth-order valence-electron chi connectivity index (χ4n) is 1.62. The molecule has 1 N–H and O–H groups in total. The molecule has 1 amide bonds. The molecule has 0 aliphatic heterocycles. The van der Waals surface area contributed by atoms with Crippen LogP contribution >= 0.6 is 11.3 Å². The SMILES string of the molecule is CCNC(=O)c1cc(COc2ccc(C)cc2)cs1. The summed E-state index contributed by atoms with van der Waals surface area (Å²) < 4.78 is 5.68. The molecule has 100 valence electrons. The van der Waals surface area contributed by atoms with Crippen molar-refractivity contribution in [3.63, 3.8) is 0 Å². The number of ether oxygens (including phenoxy) is 1. The fraction of sp³-hybridized carbons (Fsp3) is 0.267. The third-order valence-corrected chi connectivity index (χ3v) is 3.62. The number of nitrogens with one attached hydrogen (secondary N) is 1. The van der Waals surface area contributed by atoms with Crippen LogP contribution in [-0.4, -0.2) is 12.5 Å². The molecule has 1 aromatic heterocycles. The van der Waals surface area contributed by atoms with Gasteiger partial charge in [0.05, 0.1) is 4.88 Å². The Hall–Kier alpha value is -1.81. The van der Waals surface area contributed by atoms with E-state index in [-0.39, 0.29) is 5.91 Å². The van der Waals surface area contributed by atoms with Gasteiger partial charge in [0, 0.05) is 12.1 Å². The molecule has 2 aromatic rings. The van der Waals surface area contributed by atoms with Crippen molar-refractivity contribution < 1.29 is 9.53 Å². The van der Waals surface area contributed by atoms with Crippen molar-refractivity contribution in [2.45, 2.75) is 20.5 Å². The number of benzene rings is 1. The monoisotopic (exact) mass is 275 g/mol. The maximum Gasteiger partial charge on any atom is 0.261 e. The second kappa shape index (κ2) is 6.38. The number of hydrogen-bond donors (Lipinski definition) is 1. The molecule has 0 bridgehead atoms. The summed E-state index contributed by atoms with van der Waals surface area (Å²) in [7, 11) is 0. The van der Waals surface area contributed by atoms with Crippen LogP contribution in [0, 0.1) is 6.92 Å². The van der Waals surface area contributed by atoms with Crippen LogP contribution < -0.4 is 10.1 Å². The van der Waals surface area contributed by atoms with E-state index in [9.17, 15) is 4.79 Å². The van der Waals surface area contributed by atoms with E-state index in [2.05, 4.69) is 5.32 Å². The summed E-state index contributed by atoms with van der Waals surface area (Å²) in [4.78, 5) is 12.4. The Labute approximate surface area is 117 Å². The third-order valence-electron chi connectivity index (χ3n) is 2.64. The highest BCUT2D eigenvalue weighted by Crippen LogP contribution is 2.18. The van der Waals surface area contributed by atoms with E-state index in [4.69, 9.17) is 4.74 Å². The largest absolute Gasteiger partial charge is 0.489 e. The van der Waals surface area contributed by atoms with Gasteiger partial charge in [0.1, 0.15) is 12.4 Å². The molecule has 0 unspecified atom stereocenters. The fourth-order valence-corrected chi connectivity index (χ4v) is 2.43. The molecule has 0 atom stereocenters. The first-order valence-electron chi connectivity index (χ1n) is 6.24. The van der Waals surface area contributed by atoms with E-state index in [1.807, 2.05) is 49.6 Å². The highest BCUT2D eigenvalue weighted by molar-refractivity contribution is 7.12. The number of thiophene rings is 1. The number of rotatable bonds is 5. The topological polar surface area (TPSA) is 38.3 Å². The van der Waals surface area contributed by atoms with E-state index in [0.29, 0.717) is 13.2 Å². The second-order valence-corrected chi connectivity index (χ2v) is 5.19. The molecule has 19 heavy (non-hydrogen) atoms. The van der Waals surface area contributed by atoms with Crippen LogP contribution in [-0.2, 0) is 6.61 Å². The Morgan fingerprint density at radius 2 is 2.05 bits per heavy atom. The zero-order chi connectivity index (χ0) is 13.7. The van der Waals surface area contributed by atoms with Gasteiger partial charge in [0.25, 0.3) is 5.91 Å². The van der Waals surface area contributed by atoms with E-state index < -0.39 is 0 Å². The predicted octanol–water partition coefficient (Wildman–Crippen LogP) is 3.39. The molecule has 1 heterocycles. The lowest BCUT2D eigenvalue weighted by molar-refractivity contribution is 0.0960. The van der Waals surface area contributed by atoms with Crippen molar-refractivity contribution in [2.75, 3.05) is 6.54 Å². The van der Waals surface area contributed by atoms with Gasteiger partial charge in [0.2, 0.25) is 0 Å². The van der Waals surface area contributed by atoms with E-state index >= 15 is 0 Å². The molecular weight excluding hydrogens is 258 g/mol. The van der Waals surface area contributed by atoms with E-state index in [1.54, 1.807) is 0 Å². The molecule has 2 rings (SSSR count). The first-order valence-corrected chi connectivity index (χ1v) is 7.12. The number of amides is 1. The smallest absolute Gasteiger partial charge is 0.261 e. The van der Waals surface area contributed by atoms with Crippen LogP contribution in [0.15, 0.2) is 35.7 Å². The quantitative estimate of drug-likeness (QED) is 0.908. The highest BCUT2D eigenvalue weighted by atomic mass is 32.1. The normalized spacial score (nSPS) is 10.2. The van der Waals surface area contributed by atoms with E-state index in [0.717, 1.165) is 16.2 Å². The molecule has 0 aliphatic rings. The molecule has 0 saturated heterocycles. The zero-order valence-corrected chi connectivity index (χ0v) is 11.9. The molecule has 0 saturated carbocycles. The minimum atomic E-state index is -0.0194. The van der Waals surface area contributed by atoms with Gasteiger partial charge in [-0.05, 0) is 37.4 Å². The van der Waals surface area contributed by atoms with Gasteiger partial charge in [-0.15, -0.1) is 11.3 Å². The van der Waals surface area contributed by atoms with Crippen molar-refractivity contribution in [1.29, 1.82) is 0 Å². The zero-order valence-electron chi connectivity index (χ0n) is 11.1. The summed E-state index contributed by atoms with van der Waals surface area (Å²) in [5.41, 5.74) is 2.23. The Morgan fingerprint density at radius 1 is 1.32 bits per heavy atom. The second-order valence-electron chi connectivity index (χ2n) is 4.28. The van der Waals surface area contributed by atoms with Gasteiger partial charge in [-0.1, -0.05) is 17.7 Å². The summed E-state index contributed by atoms with van der Waals surface area (Å²) in [6.07, 6.45) is 0. The molecule has 0 aliphatic carbocycles. The minimum absolute atomic E-state index is 0.0194. The number of carbonyl (C=O) groups excluding carboxylic acids is 1. The maximum atomic E-state index is 11.6. The lowest BCUT2D eigenvalue weighted by Gasteiger charge is -2.04. The van der Waals surface area contributed by atoms with Gasteiger partial charge < -0.3 is 10.1 Å². The molecule has 1 aromatic carbocycles. The van der Waals surface area contributed by atoms with Crippen LogP contribution in [0.4, 0.5) is 0 Å². The van der Waals surface area contributed by atoms with E-state index in [1.165, 1.54) is 16.9 Å². The Bertz CT molecular complexity index is 546. The van der Waals surface area contributed by atoms with Crippen molar-refractivity contribution in [3.05, 3.63) is 51.7 Å². The molecule has 0 fully saturated rings. The number of hydrogen-bond acceptors (Lipinski definition) is 3. The maximum absolute atomic E-state index is 11.6. The Morgan fingerprint density at radius 3 is 2.74 bits per heavy atom. The molecular formula is C15H17NO2S. The van der Waals surface area contributed by atoms with Gasteiger partial charge >= 0.3 is 0 Å². The first kappa shape index (κ1) is 13.6. The van der Waals surface area contributed by atoms with Gasteiger partial charge in [-0.3, -0.25) is 4.79 Å². The van der Waals surface area contributed by atoms with Crippen LogP contribution in [0.5, 0.6) is 5.75 Å². The van der Waals surface area contributed by atoms with Gasteiger partial charge in [-0.25, -0.2) is 0 Å². The summed E-state index contributed by atoms with van der Waals surface area (Å²) >= 11 is 1.44. The summed E-state index contributed by atoms with van der Waals surface area (Å²) in [6, 6.07) is 9.81. The van der Waals surface area contributed by atoms with Gasteiger partial charge in [0.15, 0.2) is 0 Å². The van der Waals surface area contributed by atoms with Crippen LogP contribution in [0.25, 0.3) is 0 Å². The lowest BCUT2D eigenvalue weighted by Crippen LogP contribution is -2.21. The minimum Gasteiger partial charge on any atom is -0.489 e. The Kier molecular flexibility index (Phi) is 4.58. The molecule has 4 heteroatoms. The standard InChI is InChI=1S/C15H17NO2S/c1-3-16-15(17)14-8-12(10-19-14)9-18-13-6-4-11(2)5-7-13/h4-8,10H,3,9H2,1-2H3,(H,16,17). The number of aryl methyl sites for hydroxylation is 1. The van der Waals surface area contributed by atoms with Crippen molar-refractivity contribution in [2.24, 2.45) is 0 Å². The molecule has 0 radical (unpaired) electrons. The van der Waals surface area contributed by atoms with Crippen LogP contribution in [0.1, 0.15) is 27.7 Å². The van der Waals surface area contributed by atoms with Crippen LogP contribution in [0.2, 0.25) is 0 Å². The van der Waals surface area contributed by atoms with Crippen molar-refractivity contribution >= 4 is 17.2 Å². The van der Waals surface area contributed by atoms with Crippen LogP contribution in [0.3, 0.4) is 0 Å². The number of carbonyl (C=O) groups is 1. The first-order chi connectivity index (χ1) is 9.19. The van der Waals surface area contributed by atoms with Crippen molar-refractivity contribution in [1.82, 2.24) is 5.32 Å². The lowest BCUT2D eigenvalue weighted by atomic mass is 10.2. The Balaban J connectivity index is 1.93. The third kappa shape index (κ3) is 3.83. The van der Waals surface area contributed by atoms with Gasteiger partial charge in [-0.2, -0.15) is 0 Å². The average Bonchev–Trinajstić information content (AvgIpc) is 2.87. The summed E-state index contributed by atoms with van der Waals surface area (Å²) in [5, 5.41) is 4.74. The summed E-state index contributed by atoms with van der Waals surface area (Å²) in [5.74, 6) is 0.824. The average molecular weight is 275 g/mol.